The van der Waals surface area contributed by atoms with Gasteiger partial charge in [0.2, 0.25) is 5.91 Å². The number of carbonyl (C=O) groups excluding carboxylic acids is 2. The highest BCUT2D eigenvalue weighted by Gasteiger charge is 2.33. The number of fused-ring (bicyclic) bond motifs is 1. The minimum absolute atomic E-state index is 0.0509. The topological polar surface area (TPSA) is 74.7 Å². The molecule has 0 fully saturated rings. The van der Waals surface area contributed by atoms with Gasteiger partial charge in [0, 0.05) is 18.5 Å². The average molecular weight is 289 g/mol. The van der Waals surface area contributed by atoms with Crippen LogP contribution in [0.3, 0.4) is 0 Å². The molecule has 1 aromatic carbocycles. The van der Waals surface area contributed by atoms with Crippen LogP contribution in [0, 0.1) is 0 Å². The SMILES string of the molecule is CCCN(CC(=O)O)C(=O)C1CCC(=O)c2ccccc21. The lowest BCUT2D eigenvalue weighted by Crippen LogP contribution is -2.40. The van der Waals surface area contributed by atoms with Gasteiger partial charge in [-0.1, -0.05) is 31.2 Å². The Morgan fingerprint density at radius 3 is 2.71 bits per heavy atom. The summed E-state index contributed by atoms with van der Waals surface area (Å²) in [5, 5.41) is 8.95. The summed E-state index contributed by atoms with van der Waals surface area (Å²) in [5.41, 5.74) is 1.32. The fraction of sp³-hybridized carbons (Fsp3) is 0.438. The van der Waals surface area contributed by atoms with Gasteiger partial charge >= 0.3 is 5.97 Å². The molecule has 0 heterocycles. The fourth-order valence-corrected chi connectivity index (χ4v) is 2.80. The van der Waals surface area contributed by atoms with Crippen LogP contribution in [-0.4, -0.2) is 40.8 Å². The van der Waals surface area contributed by atoms with Crippen LogP contribution in [-0.2, 0) is 9.59 Å². The highest BCUT2D eigenvalue weighted by molar-refractivity contribution is 6.02. The Hall–Kier alpha value is -2.17. The van der Waals surface area contributed by atoms with E-state index in [0.717, 1.165) is 5.56 Å². The third-order valence-corrected chi connectivity index (χ3v) is 3.73. The summed E-state index contributed by atoms with van der Waals surface area (Å²) < 4.78 is 0. The van der Waals surface area contributed by atoms with Gasteiger partial charge < -0.3 is 10.0 Å². The maximum atomic E-state index is 12.6. The molecule has 1 N–H and O–H groups in total. The Labute approximate surface area is 123 Å². The Bertz CT molecular complexity index is 567. The second kappa shape index (κ2) is 6.52. The highest BCUT2D eigenvalue weighted by Crippen LogP contribution is 2.32. The Balaban J connectivity index is 2.28. The number of ketones is 1. The molecule has 0 spiro atoms. The van der Waals surface area contributed by atoms with Gasteiger partial charge in [0.15, 0.2) is 5.78 Å². The summed E-state index contributed by atoms with van der Waals surface area (Å²) in [7, 11) is 0. The van der Waals surface area contributed by atoms with Crippen molar-refractivity contribution < 1.29 is 19.5 Å². The third kappa shape index (κ3) is 3.29. The predicted octanol–water partition coefficient (Wildman–Crippen LogP) is 2.07. The summed E-state index contributed by atoms with van der Waals surface area (Å²) in [4.78, 5) is 36.8. The van der Waals surface area contributed by atoms with E-state index in [1.807, 2.05) is 6.92 Å². The zero-order valence-corrected chi connectivity index (χ0v) is 12.0. The van der Waals surface area contributed by atoms with Crippen LogP contribution >= 0.6 is 0 Å². The molecule has 0 aliphatic heterocycles. The van der Waals surface area contributed by atoms with Crippen molar-refractivity contribution in [2.75, 3.05) is 13.1 Å². The first-order valence-electron chi connectivity index (χ1n) is 7.17. The van der Waals surface area contributed by atoms with E-state index in [9.17, 15) is 14.4 Å². The van der Waals surface area contributed by atoms with Gasteiger partial charge in [-0.3, -0.25) is 14.4 Å². The molecule has 0 radical (unpaired) electrons. The van der Waals surface area contributed by atoms with Crippen LogP contribution in [0.4, 0.5) is 0 Å². The minimum Gasteiger partial charge on any atom is -0.480 e. The Morgan fingerprint density at radius 1 is 1.33 bits per heavy atom. The summed E-state index contributed by atoms with van der Waals surface area (Å²) >= 11 is 0. The number of hydrogen-bond acceptors (Lipinski definition) is 3. The highest BCUT2D eigenvalue weighted by atomic mass is 16.4. The van der Waals surface area contributed by atoms with Crippen LogP contribution < -0.4 is 0 Å². The molecule has 1 unspecified atom stereocenters. The van der Waals surface area contributed by atoms with Gasteiger partial charge in [-0.25, -0.2) is 0 Å². The molecule has 1 aromatic rings. The zero-order valence-electron chi connectivity index (χ0n) is 12.0. The van der Waals surface area contributed by atoms with E-state index < -0.39 is 11.9 Å². The van der Waals surface area contributed by atoms with E-state index >= 15 is 0 Å². The molecule has 112 valence electrons. The van der Waals surface area contributed by atoms with Gasteiger partial charge in [-0.15, -0.1) is 0 Å². The third-order valence-electron chi connectivity index (χ3n) is 3.73. The van der Waals surface area contributed by atoms with Crippen molar-refractivity contribution in [3.63, 3.8) is 0 Å². The molecule has 1 atom stereocenters. The van der Waals surface area contributed by atoms with E-state index in [1.54, 1.807) is 24.3 Å². The lowest BCUT2D eigenvalue weighted by molar-refractivity contribution is -0.145. The standard InChI is InChI=1S/C16H19NO4/c1-2-9-17(10-15(19)20)16(21)13-7-8-14(18)12-6-4-3-5-11(12)13/h3-6,13H,2,7-10H2,1H3,(H,19,20). The molecule has 1 aliphatic rings. The van der Waals surface area contributed by atoms with Crippen LogP contribution in [0.5, 0.6) is 0 Å². The number of amides is 1. The van der Waals surface area contributed by atoms with E-state index in [2.05, 4.69) is 0 Å². The quantitative estimate of drug-likeness (QED) is 0.900. The molecule has 0 bridgehead atoms. The van der Waals surface area contributed by atoms with E-state index in [-0.39, 0.29) is 18.2 Å². The van der Waals surface area contributed by atoms with Crippen molar-refractivity contribution in [1.29, 1.82) is 0 Å². The number of Topliss-reactive ketones (excluding diaryl/α,β-unsaturated/α-hetero) is 1. The molecule has 1 amide bonds. The van der Waals surface area contributed by atoms with E-state index in [0.29, 0.717) is 31.4 Å². The minimum atomic E-state index is -1.02. The first kappa shape index (κ1) is 15.2. The average Bonchev–Trinajstić information content (AvgIpc) is 2.46. The molecule has 0 aromatic heterocycles. The normalized spacial score (nSPS) is 17.2. The first-order valence-corrected chi connectivity index (χ1v) is 7.17. The van der Waals surface area contributed by atoms with E-state index in [1.165, 1.54) is 4.90 Å². The molecular formula is C16H19NO4. The van der Waals surface area contributed by atoms with Gasteiger partial charge in [0.25, 0.3) is 0 Å². The monoisotopic (exact) mass is 289 g/mol. The summed E-state index contributed by atoms with van der Waals surface area (Å²) in [6.45, 7) is 2.03. The van der Waals surface area contributed by atoms with Crippen LogP contribution in [0.2, 0.25) is 0 Å². The molecule has 5 heteroatoms. The summed E-state index contributed by atoms with van der Waals surface area (Å²) in [6.07, 6.45) is 1.49. The largest absolute Gasteiger partial charge is 0.480 e. The number of nitrogens with zero attached hydrogens (tertiary/aromatic N) is 1. The van der Waals surface area contributed by atoms with Crippen molar-refractivity contribution in [1.82, 2.24) is 4.90 Å². The predicted molar refractivity (Wildman–Crippen MR) is 77.3 cm³/mol. The van der Waals surface area contributed by atoms with Crippen molar-refractivity contribution in [2.24, 2.45) is 0 Å². The maximum Gasteiger partial charge on any atom is 0.323 e. The first-order chi connectivity index (χ1) is 10.0. The number of aliphatic carboxylic acids is 1. The second-order valence-electron chi connectivity index (χ2n) is 5.26. The lowest BCUT2D eigenvalue weighted by atomic mass is 9.81. The van der Waals surface area contributed by atoms with Gasteiger partial charge in [-0.2, -0.15) is 0 Å². The van der Waals surface area contributed by atoms with Crippen molar-refractivity contribution in [3.05, 3.63) is 35.4 Å². The number of hydrogen-bond donors (Lipinski definition) is 1. The number of carbonyl (C=O) groups is 3. The molecule has 0 saturated heterocycles. The smallest absolute Gasteiger partial charge is 0.323 e. The van der Waals surface area contributed by atoms with Crippen molar-refractivity contribution in [3.8, 4) is 0 Å². The number of benzene rings is 1. The summed E-state index contributed by atoms with van der Waals surface area (Å²) in [5.74, 6) is -1.57. The molecule has 2 rings (SSSR count). The number of rotatable bonds is 5. The lowest BCUT2D eigenvalue weighted by Gasteiger charge is -2.29. The van der Waals surface area contributed by atoms with Gasteiger partial charge in [0.05, 0.1) is 5.92 Å². The second-order valence-corrected chi connectivity index (χ2v) is 5.26. The van der Waals surface area contributed by atoms with Crippen molar-refractivity contribution >= 4 is 17.7 Å². The Morgan fingerprint density at radius 2 is 2.05 bits per heavy atom. The van der Waals surface area contributed by atoms with Crippen molar-refractivity contribution in [2.45, 2.75) is 32.1 Å². The van der Waals surface area contributed by atoms with Crippen LogP contribution in [0.1, 0.15) is 48.0 Å². The molecule has 21 heavy (non-hydrogen) atoms. The fourth-order valence-electron chi connectivity index (χ4n) is 2.80. The van der Waals surface area contributed by atoms with E-state index in [4.69, 9.17) is 5.11 Å². The molecule has 5 nitrogen and oxygen atoms in total. The zero-order chi connectivity index (χ0) is 15.4. The Kier molecular flexibility index (Phi) is 4.73. The maximum absolute atomic E-state index is 12.6. The van der Waals surface area contributed by atoms with Crippen LogP contribution in [0.15, 0.2) is 24.3 Å². The molecule has 1 aliphatic carbocycles. The molecule has 0 saturated carbocycles. The van der Waals surface area contributed by atoms with Crippen LogP contribution in [0.25, 0.3) is 0 Å². The van der Waals surface area contributed by atoms with Gasteiger partial charge in [0.1, 0.15) is 6.54 Å². The molecular weight excluding hydrogens is 270 g/mol. The number of carboxylic acids is 1. The summed E-state index contributed by atoms with van der Waals surface area (Å²) in [6, 6.07) is 7.11. The van der Waals surface area contributed by atoms with Gasteiger partial charge in [-0.05, 0) is 18.4 Å². The number of carboxylic acid groups (broad SMARTS) is 1.